The summed E-state index contributed by atoms with van der Waals surface area (Å²) in [5.41, 5.74) is 0.136. The van der Waals surface area contributed by atoms with Gasteiger partial charge in [-0.15, -0.1) is 0 Å². The summed E-state index contributed by atoms with van der Waals surface area (Å²) in [6.45, 7) is 5.54. The maximum Gasteiger partial charge on any atom is 0.316 e. The zero-order valence-electron chi connectivity index (χ0n) is 11.0. The van der Waals surface area contributed by atoms with Gasteiger partial charge >= 0.3 is 6.03 Å². The fraction of sp³-hybridized carbons (Fsp3) is 0.818. The number of nitrogens with zero attached hydrogens (tertiary/aromatic N) is 2. The molecule has 0 saturated carbocycles. The minimum absolute atomic E-state index is 0.0743. The number of hydrogen-bond acceptors (Lipinski definition) is 3. The summed E-state index contributed by atoms with van der Waals surface area (Å²) in [4.78, 5) is 17.2. The van der Waals surface area contributed by atoms with Gasteiger partial charge in [0.25, 0.3) is 0 Å². The first-order chi connectivity index (χ1) is 7.91. The molecule has 98 valence electrons. The zero-order chi connectivity index (χ0) is 12.9. The average Bonchev–Trinajstić information content (AvgIpc) is 2.22. The average molecular weight is 258 g/mol. The first-order valence-corrected chi connectivity index (χ1v) is 6.80. The molecule has 0 bridgehead atoms. The van der Waals surface area contributed by atoms with Gasteiger partial charge in [0.1, 0.15) is 0 Å². The molecule has 1 fully saturated rings. The Labute approximate surface area is 107 Å². The molecule has 1 rings (SSSR count). The van der Waals surface area contributed by atoms with Gasteiger partial charge in [0.15, 0.2) is 5.17 Å². The van der Waals surface area contributed by atoms with Crippen molar-refractivity contribution < 1.29 is 4.79 Å². The van der Waals surface area contributed by atoms with E-state index in [9.17, 15) is 4.79 Å². The van der Waals surface area contributed by atoms with E-state index < -0.39 is 0 Å². The van der Waals surface area contributed by atoms with E-state index in [1.807, 2.05) is 0 Å². The fourth-order valence-corrected chi connectivity index (χ4v) is 2.69. The highest BCUT2D eigenvalue weighted by Gasteiger charge is 2.23. The summed E-state index contributed by atoms with van der Waals surface area (Å²) in [6, 6.07) is -0.0743. The van der Waals surface area contributed by atoms with Crippen molar-refractivity contribution in [3.05, 3.63) is 0 Å². The van der Waals surface area contributed by atoms with Gasteiger partial charge in [0, 0.05) is 31.9 Å². The standard InChI is InChI=1S/C11H22N4OS/c1-11(2)5-8-17-9(14-11)12-6-7-13-10(16)15(3)4/h5-8H2,1-4H3,(H,12,14)(H,13,16). The van der Waals surface area contributed by atoms with Gasteiger partial charge in [-0.05, 0) is 20.3 Å². The molecular formula is C11H22N4OS. The molecule has 2 N–H and O–H groups in total. The Morgan fingerprint density at radius 3 is 2.88 bits per heavy atom. The lowest BCUT2D eigenvalue weighted by molar-refractivity contribution is 0.218. The normalized spacial score (nSPS) is 20.8. The summed E-state index contributed by atoms with van der Waals surface area (Å²) in [5, 5.41) is 7.17. The molecule has 0 atom stereocenters. The number of aliphatic imine (C=N–C) groups is 1. The number of urea groups is 1. The summed E-state index contributed by atoms with van der Waals surface area (Å²) < 4.78 is 0. The van der Waals surface area contributed by atoms with E-state index in [0.717, 1.165) is 17.3 Å². The van der Waals surface area contributed by atoms with Crippen molar-refractivity contribution in [2.45, 2.75) is 25.8 Å². The summed E-state index contributed by atoms with van der Waals surface area (Å²) in [7, 11) is 3.45. The third kappa shape index (κ3) is 5.30. The smallest absolute Gasteiger partial charge is 0.316 e. The number of nitrogens with one attached hydrogen (secondary N) is 2. The molecule has 0 spiro atoms. The van der Waals surface area contributed by atoms with Crippen LogP contribution in [0, 0.1) is 0 Å². The van der Waals surface area contributed by atoms with Crippen LogP contribution in [0.25, 0.3) is 0 Å². The van der Waals surface area contributed by atoms with Crippen molar-refractivity contribution >= 4 is 23.0 Å². The zero-order valence-corrected chi connectivity index (χ0v) is 11.9. The van der Waals surface area contributed by atoms with Crippen LogP contribution in [-0.4, -0.2) is 54.6 Å². The molecule has 1 aliphatic heterocycles. The second kappa shape index (κ2) is 6.14. The van der Waals surface area contributed by atoms with E-state index >= 15 is 0 Å². The van der Waals surface area contributed by atoms with Crippen LogP contribution < -0.4 is 10.6 Å². The van der Waals surface area contributed by atoms with Gasteiger partial charge in [-0.2, -0.15) is 0 Å². The first kappa shape index (κ1) is 14.2. The molecule has 2 amide bonds. The van der Waals surface area contributed by atoms with Gasteiger partial charge in [0.05, 0.1) is 6.54 Å². The molecule has 0 radical (unpaired) electrons. The topological polar surface area (TPSA) is 56.7 Å². The van der Waals surface area contributed by atoms with Gasteiger partial charge in [-0.25, -0.2) is 4.79 Å². The van der Waals surface area contributed by atoms with E-state index in [1.165, 1.54) is 4.90 Å². The third-order valence-electron chi connectivity index (χ3n) is 2.46. The summed E-state index contributed by atoms with van der Waals surface area (Å²) in [5.74, 6) is 1.10. The number of thioether (sulfide) groups is 1. The minimum atomic E-state index is -0.0743. The van der Waals surface area contributed by atoms with Crippen LogP contribution in [-0.2, 0) is 0 Å². The Morgan fingerprint density at radius 2 is 2.29 bits per heavy atom. The number of amidine groups is 1. The SMILES string of the molecule is CN(C)C(=O)NCCN=C1NC(C)(C)CCS1. The lowest BCUT2D eigenvalue weighted by Gasteiger charge is -2.32. The van der Waals surface area contributed by atoms with Gasteiger partial charge in [0.2, 0.25) is 0 Å². The Bertz CT molecular complexity index is 302. The molecule has 1 aliphatic rings. The molecular weight excluding hydrogens is 236 g/mol. The molecule has 1 heterocycles. The highest BCUT2D eigenvalue weighted by atomic mass is 32.2. The Morgan fingerprint density at radius 1 is 1.59 bits per heavy atom. The molecule has 5 nitrogen and oxygen atoms in total. The van der Waals surface area contributed by atoms with Crippen molar-refractivity contribution in [3.63, 3.8) is 0 Å². The maximum atomic E-state index is 11.2. The third-order valence-corrected chi connectivity index (χ3v) is 3.37. The number of rotatable bonds is 3. The fourth-order valence-electron chi connectivity index (χ4n) is 1.35. The first-order valence-electron chi connectivity index (χ1n) is 5.81. The molecule has 0 aromatic rings. The number of carbonyl (C=O) groups is 1. The summed E-state index contributed by atoms with van der Waals surface area (Å²) in [6.07, 6.45) is 1.15. The molecule has 0 aromatic carbocycles. The van der Waals surface area contributed by atoms with E-state index in [1.54, 1.807) is 25.9 Å². The molecule has 0 aromatic heterocycles. The molecule has 6 heteroatoms. The van der Waals surface area contributed by atoms with Crippen molar-refractivity contribution in [1.82, 2.24) is 15.5 Å². The predicted octanol–water partition coefficient (Wildman–Crippen LogP) is 1.12. The number of carbonyl (C=O) groups excluding carboxylic acids is 1. The van der Waals surface area contributed by atoms with Crippen LogP contribution in [0.1, 0.15) is 20.3 Å². The maximum absolute atomic E-state index is 11.2. The van der Waals surface area contributed by atoms with Crippen LogP contribution in [0.3, 0.4) is 0 Å². The van der Waals surface area contributed by atoms with Crippen molar-refractivity contribution in [2.75, 3.05) is 32.9 Å². The lowest BCUT2D eigenvalue weighted by Crippen LogP contribution is -2.46. The Balaban J connectivity index is 2.27. The van der Waals surface area contributed by atoms with Gasteiger partial charge < -0.3 is 15.5 Å². The van der Waals surface area contributed by atoms with Crippen molar-refractivity contribution in [1.29, 1.82) is 0 Å². The van der Waals surface area contributed by atoms with E-state index in [2.05, 4.69) is 29.5 Å². The monoisotopic (exact) mass is 258 g/mol. The van der Waals surface area contributed by atoms with Crippen LogP contribution in [0.4, 0.5) is 4.79 Å². The molecule has 0 unspecified atom stereocenters. The number of hydrogen-bond donors (Lipinski definition) is 2. The largest absolute Gasteiger partial charge is 0.360 e. The molecule has 17 heavy (non-hydrogen) atoms. The van der Waals surface area contributed by atoms with Crippen LogP contribution in [0.2, 0.25) is 0 Å². The van der Waals surface area contributed by atoms with Crippen LogP contribution in [0.5, 0.6) is 0 Å². The van der Waals surface area contributed by atoms with E-state index in [0.29, 0.717) is 13.1 Å². The van der Waals surface area contributed by atoms with Crippen molar-refractivity contribution in [2.24, 2.45) is 4.99 Å². The van der Waals surface area contributed by atoms with E-state index in [4.69, 9.17) is 0 Å². The van der Waals surface area contributed by atoms with E-state index in [-0.39, 0.29) is 11.6 Å². The van der Waals surface area contributed by atoms with Gasteiger partial charge in [-0.1, -0.05) is 11.8 Å². The van der Waals surface area contributed by atoms with Crippen molar-refractivity contribution in [3.8, 4) is 0 Å². The minimum Gasteiger partial charge on any atom is -0.360 e. The molecule has 0 aliphatic carbocycles. The predicted molar refractivity (Wildman–Crippen MR) is 73.7 cm³/mol. The Hall–Kier alpha value is -0.910. The highest BCUT2D eigenvalue weighted by molar-refractivity contribution is 8.13. The molecule has 1 saturated heterocycles. The second-order valence-electron chi connectivity index (χ2n) is 4.92. The van der Waals surface area contributed by atoms with Crippen LogP contribution >= 0.6 is 11.8 Å². The quantitative estimate of drug-likeness (QED) is 0.746. The summed E-state index contributed by atoms with van der Waals surface area (Å²) >= 11 is 1.75. The highest BCUT2D eigenvalue weighted by Crippen LogP contribution is 2.21. The second-order valence-corrected chi connectivity index (χ2v) is 6.00. The van der Waals surface area contributed by atoms with Gasteiger partial charge in [-0.3, -0.25) is 4.99 Å². The van der Waals surface area contributed by atoms with Crippen LogP contribution in [0.15, 0.2) is 4.99 Å². The number of amides is 2. The Kier molecular flexibility index (Phi) is 5.11. The lowest BCUT2D eigenvalue weighted by atomic mass is 10.0.